The predicted octanol–water partition coefficient (Wildman–Crippen LogP) is 3.64. The van der Waals surface area contributed by atoms with E-state index in [1.165, 1.54) is 60.7 Å². The van der Waals surface area contributed by atoms with Crippen LogP contribution >= 0.6 is 0 Å². The topological polar surface area (TPSA) is 201 Å². The van der Waals surface area contributed by atoms with Crippen LogP contribution in [-0.2, 0) is 33.3 Å². The number of ether oxygens (including phenoxy) is 4. The molecule has 0 unspecified atom stereocenters. The summed E-state index contributed by atoms with van der Waals surface area (Å²) < 4.78 is 20.1. The average Bonchev–Trinajstić information content (AvgIpc) is 3.35. The van der Waals surface area contributed by atoms with Gasteiger partial charge in [0.2, 0.25) is 0 Å². The first-order valence-electron chi connectivity index (χ1n) is 15.8. The predicted molar refractivity (Wildman–Crippen MR) is 179 cm³/mol. The summed E-state index contributed by atoms with van der Waals surface area (Å²) >= 11 is 0. The highest BCUT2D eigenvalue weighted by Gasteiger charge is 2.45. The van der Waals surface area contributed by atoms with Gasteiger partial charge < -0.3 is 29.6 Å². The molecule has 0 bridgehead atoms. The van der Waals surface area contributed by atoms with Crippen LogP contribution in [0, 0.1) is 5.92 Å². The second-order valence-corrected chi connectivity index (χ2v) is 11.3. The minimum absolute atomic E-state index is 0.0667. The van der Waals surface area contributed by atoms with Gasteiger partial charge >= 0.3 is 23.9 Å². The Morgan fingerprint density at radius 2 is 1.02 bits per heavy atom. The third-order valence-corrected chi connectivity index (χ3v) is 7.34. The summed E-state index contributed by atoms with van der Waals surface area (Å²) in [5.74, 6) is -6.67. The number of nitrogens with zero attached hydrogens (tertiary/aromatic N) is 1. The molecule has 0 saturated heterocycles. The normalized spacial score (nSPS) is 12.5. The lowest BCUT2D eigenvalue weighted by Crippen LogP contribution is -2.49. The SMILES string of the molecule is CCOC(=O)c1ccc(NC(=O)COC(=O)c2ccc3c(c2)C(=O)N([C@@H](C(=O)OCC(=O)Nc2ccc(C(=O)OCC)cc2)C(C)C)C3=O)cc1. The van der Waals surface area contributed by atoms with E-state index < -0.39 is 72.7 Å². The van der Waals surface area contributed by atoms with Gasteiger partial charge in [-0.15, -0.1) is 0 Å². The van der Waals surface area contributed by atoms with E-state index in [1.807, 2.05) is 0 Å². The quantitative estimate of drug-likeness (QED) is 0.141. The standard InChI is InChI=1S/C36H35N3O12/c1-5-48-33(44)21-7-12-24(13-8-21)37-28(40)18-50-35(46)23-11-16-26-27(17-23)32(43)39(31(26)42)30(20(3)4)36(47)51-19-29(41)38-25-14-9-22(10-15-25)34(45)49-6-2/h7-17,20,30H,5-6,18-19H2,1-4H3,(H,37,40)(H,38,41)/t30-/m1/s1. The molecular formula is C36H35N3O12. The number of nitrogens with one attached hydrogen (secondary N) is 2. The van der Waals surface area contributed by atoms with Crippen molar-refractivity contribution in [1.29, 1.82) is 0 Å². The second-order valence-electron chi connectivity index (χ2n) is 11.3. The maximum absolute atomic E-state index is 13.4. The molecule has 0 spiro atoms. The summed E-state index contributed by atoms with van der Waals surface area (Å²) in [6, 6.07) is 13.9. The number of carbonyl (C=O) groups is 8. The van der Waals surface area contributed by atoms with Gasteiger partial charge in [0.25, 0.3) is 23.6 Å². The van der Waals surface area contributed by atoms with Crippen molar-refractivity contribution < 1.29 is 57.3 Å². The fraction of sp³-hybridized carbons (Fsp3) is 0.278. The van der Waals surface area contributed by atoms with E-state index in [4.69, 9.17) is 18.9 Å². The summed E-state index contributed by atoms with van der Waals surface area (Å²) in [6.07, 6.45) is 0. The number of esters is 4. The van der Waals surface area contributed by atoms with Crippen molar-refractivity contribution in [3.8, 4) is 0 Å². The van der Waals surface area contributed by atoms with Crippen LogP contribution in [0.3, 0.4) is 0 Å². The molecule has 0 saturated carbocycles. The third kappa shape index (κ3) is 9.20. The first kappa shape index (κ1) is 37.4. The van der Waals surface area contributed by atoms with Crippen LogP contribution in [0.2, 0.25) is 0 Å². The number of anilines is 2. The number of imide groups is 1. The molecule has 2 N–H and O–H groups in total. The number of benzene rings is 3. The van der Waals surface area contributed by atoms with Crippen LogP contribution in [0.1, 0.15) is 79.5 Å². The molecule has 51 heavy (non-hydrogen) atoms. The molecule has 0 fully saturated rings. The largest absolute Gasteiger partial charge is 0.462 e. The van der Waals surface area contributed by atoms with E-state index in [9.17, 15) is 38.4 Å². The molecule has 3 aromatic carbocycles. The Bertz CT molecular complexity index is 1850. The molecule has 15 nitrogen and oxygen atoms in total. The van der Waals surface area contributed by atoms with Crippen molar-refractivity contribution in [2.24, 2.45) is 5.92 Å². The van der Waals surface area contributed by atoms with E-state index in [0.717, 1.165) is 11.0 Å². The third-order valence-electron chi connectivity index (χ3n) is 7.34. The zero-order valence-corrected chi connectivity index (χ0v) is 28.2. The van der Waals surface area contributed by atoms with Crippen molar-refractivity contribution in [2.75, 3.05) is 37.1 Å². The van der Waals surface area contributed by atoms with Gasteiger partial charge in [0.1, 0.15) is 6.04 Å². The number of fused-ring (bicyclic) bond motifs is 1. The molecule has 1 atom stereocenters. The molecule has 266 valence electrons. The summed E-state index contributed by atoms with van der Waals surface area (Å²) in [5.41, 5.74) is 0.881. The Hall–Kier alpha value is -6.38. The number of rotatable bonds is 14. The van der Waals surface area contributed by atoms with Crippen LogP contribution < -0.4 is 10.6 Å². The molecule has 4 amide bonds. The molecule has 3 aromatic rings. The molecule has 1 heterocycles. The molecule has 4 rings (SSSR count). The number of hydrogen-bond donors (Lipinski definition) is 2. The minimum atomic E-state index is -1.40. The highest BCUT2D eigenvalue weighted by Crippen LogP contribution is 2.29. The summed E-state index contributed by atoms with van der Waals surface area (Å²) in [6.45, 7) is 5.54. The Balaban J connectivity index is 1.34. The number of amides is 4. The smallest absolute Gasteiger partial charge is 0.338 e. The van der Waals surface area contributed by atoms with E-state index >= 15 is 0 Å². The fourth-order valence-electron chi connectivity index (χ4n) is 4.95. The van der Waals surface area contributed by atoms with Crippen LogP contribution in [0.5, 0.6) is 0 Å². The average molecular weight is 702 g/mol. The van der Waals surface area contributed by atoms with Crippen molar-refractivity contribution in [3.63, 3.8) is 0 Å². The summed E-state index contributed by atoms with van der Waals surface area (Å²) in [7, 11) is 0. The van der Waals surface area contributed by atoms with E-state index in [0.29, 0.717) is 16.9 Å². The molecule has 15 heteroatoms. The molecule has 1 aliphatic heterocycles. The van der Waals surface area contributed by atoms with E-state index in [1.54, 1.807) is 27.7 Å². The maximum atomic E-state index is 13.4. The van der Waals surface area contributed by atoms with E-state index in [2.05, 4.69) is 10.6 Å². The number of hydrogen-bond acceptors (Lipinski definition) is 12. The van der Waals surface area contributed by atoms with Gasteiger partial charge in [0.15, 0.2) is 13.2 Å². The molecular weight excluding hydrogens is 666 g/mol. The minimum Gasteiger partial charge on any atom is -0.462 e. The summed E-state index contributed by atoms with van der Waals surface area (Å²) in [5, 5.41) is 5.04. The molecule has 0 radical (unpaired) electrons. The lowest BCUT2D eigenvalue weighted by Gasteiger charge is -2.27. The Morgan fingerprint density at radius 3 is 1.49 bits per heavy atom. The second kappa shape index (κ2) is 16.8. The highest BCUT2D eigenvalue weighted by atomic mass is 16.5. The lowest BCUT2D eigenvalue weighted by molar-refractivity contribution is -0.152. The molecule has 0 aromatic heterocycles. The lowest BCUT2D eigenvalue weighted by atomic mass is 10.0. The van der Waals surface area contributed by atoms with Crippen molar-refractivity contribution in [2.45, 2.75) is 33.7 Å². The maximum Gasteiger partial charge on any atom is 0.338 e. The van der Waals surface area contributed by atoms with Gasteiger partial charge in [-0.1, -0.05) is 13.8 Å². The van der Waals surface area contributed by atoms with Gasteiger partial charge in [-0.25, -0.2) is 19.2 Å². The first-order valence-corrected chi connectivity index (χ1v) is 15.8. The Morgan fingerprint density at radius 1 is 0.588 bits per heavy atom. The van der Waals surface area contributed by atoms with Crippen LogP contribution in [0.25, 0.3) is 0 Å². The summed E-state index contributed by atoms with van der Waals surface area (Å²) in [4.78, 5) is 102. The van der Waals surface area contributed by atoms with Gasteiger partial charge in [-0.3, -0.25) is 24.1 Å². The van der Waals surface area contributed by atoms with Crippen molar-refractivity contribution in [3.05, 3.63) is 94.5 Å². The van der Waals surface area contributed by atoms with Crippen LogP contribution in [0.15, 0.2) is 66.7 Å². The van der Waals surface area contributed by atoms with Crippen molar-refractivity contribution >= 4 is 58.9 Å². The molecule has 0 aliphatic carbocycles. The monoisotopic (exact) mass is 701 g/mol. The van der Waals surface area contributed by atoms with Crippen LogP contribution in [0.4, 0.5) is 11.4 Å². The Labute approximate surface area is 292 Å². The van der Waals surface area contributed by atoms with Gasteiger partial charge in [-0.2, -0.15) is 0 Å². The van der Waals surface area contributed by atoms with Gasteiger partial charge in [0.05, 0.1) is 41.0 Å². The first-order chi connectivity index (χ1) is 24.3. The van der Waals surface area contributed by atoms with E-state index in [-0.39, 0.29) is 35.5 Å². The molecule has 1 aliphatic rings. The fourth-order valence-corrected chi connectivity index (χ4v) is 4.95. The van der Waals surface area contributed by atoms with Gasteiger partial charge in [0, 0.05) is 11.4 Å². The highest BCUT2D eigenvalue weighted by molar-refractivity contribution is 6.23. The number of carbonyl (C=O) groups excluding carboxylic acids is 8. The Kier molecular flexibility index (Phi) is 12.4. The zero-order valence-electron chi connectivity index (χ0n) is 28.2. The van der Waals surface area contributed by atoms with Crippen LogP contribution in [-0.4, -0.2) is 84.9 Å². The van der Waals surface area contributed by atoms with Gasteiger partial charge in [-0.05, 0) is 86.5 Å². The zero-order chi connectivity index (χ0) is 37.2. The van der Waals surface area contributed by atoms with Crippen molar-refractivity contribution in [1.82, 2.24) is 4.90 Å².